The molecular weight excluding hydrogens is 533 g/mol. The Morgan fingerprint density at radius 1 is 1.08 bits per heavy atom. The number of hydrogen-bond donors (Lipinski definition) is 0. The Balaban J connectivity index is 1.33. The molecule has 5 rings (SSSR count). The van der Waals surface area contributed by atoms with E-state index in [1.807, 2.05) is 48.6 Å². The number of benzene rings is 2. The number of aryl methyl sites for hydroxylation is 1. The summed E-state index contributed by atoms with van der Waals surface area (Å²) in [5.74, 6) is 0.716. The van der Waals surface area contributed by atoms with Crippen molar-refractivity contribution < 1.29 is 12.6 Å². The Morgan fingerprint density at radius 3 is 2.58 bits per heavy atom. The Bertz CT molecular complexity index is 1520. The molecule has 36 heavy (non-hydrogen) atoms. The molecule has 2 heterocycles. The summed E-state index contributed by atoms with van der Waals surface area (Å²) in [4.78, 5) is 4.60. The summed E-state index contributed by atoms with van der Waals surface area (Å²) in [5.41, 5.74) is 5.73. The molecule has 186 valence electrons. The van der Waals surface area contributed by atoms with Gasteiger partial charge in [0, 0.05) is 0 Å². The van der Waals surface area contributed by atoms with Gasteiger partial charge in [-0.1, -0.05) is 71.7 Å². The van der Waals surface area contributed by atoms with Crippen molar-refractivity contribution >= 4 is 67.0 Å². The molecule has 2 aromatic carbocycles. The van der Waals surface area contributed by atoms with E-state index in [-0.39, 0.29) is 0 Å². The zero-order valence-corrected chi connectivity index (χ0v) is 22.8. The first-order valence-electron chi connectivity index (χ1n) is 11.7. The van der Waals surface area contributed by atoms with Crippen molar-refractivity contribution in [3.63, 3.8) is 0 Å². The van der Waals surface area contributed by atoms with E-state index in [9.17, 15) is 8.42 Å². The zero-order chi connectivity index (χ0) is 25.3. The predicted octanol–water partition coefficient (Wildman–Crippen LogP) is 8.30. The molecule has 8 heteroatoms. The van der Waals surface area contributed by atoms with E-state index >= 15 is 0 Å². The van der Waals surface area contributed by atoms with E-state index in [1.165, 1.54) is 35.3 Å². The minimum atomic E-state index is -3.63. The lowest BCUT2D eigenvalue weighted by atomic mass is 9.98. The summed E-state index contributed by atoms with van der Waals surface area (Å²) in [5, 5.41) is 0.469. The number of aromatic nitrogens is 1. The smallest absolute Gasteiger partial charge is 0.262 e. The van der Waals surface area contributed by atoms with Crippen LogP contribution in [0.4, 0.5) is 0 Å². The summed E-state index contributed by atoms with van der Waals surface area (Å²) in [7, 11) is -3.63. The summed E-state index contributed by atoms with van der Waals surface area (Å²) in [6.45, 7) is 0. The minimum absolute atomic E-state index is 0.469. The van der Waals surface area contributed by atoms with Crippen LogP contribution in [0.2, 0.25) is 9.36 Å². The fourth-order valence-corrected chi connectivity index (χ4v) is 6.27. The maximum atomic E-state index is 12.0. The molecule has 1 aliphatic carbocycles. The van der Waals surface area contributed by atoms with Gasteiger partial charge in [-0.25, -0.2) is 4.98 Å². The van der Waals surface area contributed by atoms with Crippen molar-refractivity contribution in [3.8, 4) is 0 Å². The van der Waals surface area contributed by atoms with Gasteiger partial charge in [-0.15, -0.1) is 11.3 Å². The topological polar surface area (TPSA) is 56.3 Å². The number of fused-ring (bicyclic) bond motifs is 1. The molecule has 1 atom stereocenters. The Morgan fingerprint density at radius 2 is 1.86 bits per heavy atom. The standard InChI is InChI=1S/C28H25Cl2NO3S2/c1-36(32,33)34-24(15-8-18-5-9-20(10-6-18)21-11-12-21)22-4-2-3-19(17-22)7-13-23-14-16-25-27(31-23)26(29)28(30)35-25/h2-7,9-10,13-14,16-17,21,24H,8,11-12,15H2,1H3/t24-/m0/s1. The Labute approximate surface area is 225 Å². The highest BCUT2D eigenvalue weighted by atomic mass is 35.5. The molecule has 1 fully saturated rings. The molecule has 0 aliphatic heterocycles. The van der Waals surface area contributed by atoms with Crippen LogP contribution in [-0.2, 0) is 20.7 Å². The van der Waals surface area contributed by atoms with Gasteiger partial charge in [0.1, 0.15) is 16.0 Å². The van der Waals surface area contributed by atoms with Crippen molar-refractivity contribution in [2.75, 3.05) is 6.26 Å². The normalized spacial score (nSPS) is 15.1. The molecule has 4 nitrogen and oxygen atoms in total. The number of pyridine rings is 1. The highest BCUT2D eigenvalue weighted by Gasteiger charge is 2.23. The Hall–Kier alpha value is -2.22. The fraction of sp³-hybridized carbons (Fsp3) is 0.250. The number of thiophene rings is 1. The van der Waals surface area contributed by atoms with Gasteiger partial charge in [0.05, 0.1) is 21.7 Å². The van der Waals surface area contributed by atoms with Crippen LogP contribution in [0.3, 0.4) is 0 Å². The molecule has 4 aromatic rings. The van der Waals surface area contributed by atoms with Crippen LogP contribution in [0.15, 0.2) is 60.7 Å². The third kappa shape index (κ3) is 6.36. The monoisotopic (exact) mass is 557 g/mol. The van der Waals surface area contributed by atoms with E-state index in [4.69, 9.17) is 27.4 Å². The molecule has 0 spiro atoms. The second-order valence-electron chi connectivity index (χ2n) is 9.12. The largest absolute Gasteiger partial charge is 0.264 e. The lowest BCUT2D eigenvalue weighted by Gasteiger charge is -2.17. The van der Waals surface area contributed by atoms with E-state index in [0.717, 1.165) is 34.2 Å². The Kier molecular flexibility index (Phi) is 7.52. The molecule has 0 saturated heterocycles. The van der Waals surface area contributed by atoms with Crippen LogP contribution in [-0.4, -0.2) is 19.7 Å². The lowest BCUT2D eigenvalue weighted by Crippen LogP contribution is -2.11. The average molecular weight is 559 g/mol. The van der Waals surface area contributed by atoms with E-state index in [1.54, 1.807) is 0 Å². The van der Waals surface area contributed by atoms with Crippen molar-refractivity contribution in [1.29, 1.82) is 0 Å². The average Bonchev–Trinajstić information content (AvgIpc) is 3.67. The fourth-order valence-electron chi connectivity index (χ4n) is 4.23. The van der Waals surface area contributed by atoms with Crippen LogP contribution >= 0.6 is 34.5 Å². The van der Waals surface area contributed by atoms with Gasteiger partial charge in [-0.05, 0) is 78.1 Å². The zero-order valence-electron chi connectivity index (χ0n) is 19.7. The molecule has 2 aromatic heterocycles. The first-order valence-corrected chi connectivity index (χ1v) is 15.1. The van der Waals surface area contributed by atoms with Crippen molar-refractivity contribution in [2.45, 2.75) is 37.7 Å². The molecule has 0 N–H and O–H groups in total. The van der Waals surface area contributed by atoms with Crippen molar-refractivity contribution in [1.82, 2.24) is 4.98 Å². The van der Waals surface area contributed by atoms with Gasteiger partial charge >= 0.3 is 0 Å². The second-order valence-corrected chi connectivity index (χ2v) is 12.8. The predicted molar refractivity (Wildman–Crippen MR) is 150 cm³/mol. The number of hydrogen-bond acceptors (Lipinski definition) is 5. The van der Waals surface area contributed by atoms with E-state index in [0.29, 0.717) is 27.2 Å². The molecule has 0 amide bonds. The maximum absolute atomic E-state index is 12.0. The summed E-state index contributed by atoms with van der Waals surface area (Å²) < 4.78 is 31.0. The molecule has 0 unspecified atom stereocenters. The third-order valence-corrected chi connectivity index (χ3v) is 8.72. The van der Waals surface area contributed by atoms with E-state index < -0.39 is 16.2 Å². The number of rotatable bonds is 9. The lowest BCUT2D eigenvalue weighted by molar-refractivity contribution is 0.205. The van der Waals surface area contributed by atoms with Crippen LogP contribution < -0.4 is 0 Å². The molecule has 1 aliphatic rings. The maximum Gasteiger partial charge on any atom is 0.264 e. The quantitative estimate of drug-likeness (QED) is 0.194. The van der Waals surface area contributed by atoms with Crippen LogP contribution in [0.5, 0.6) is 0 Å². The van der Waals surface area contributed by atoms with Gasteiger partial charge < -0.3 is 0 Å². The third-order valence-electron chi connectivity index (χ3n) is 6.20. The van der Waals surface area contributed by atoms with Gasteiger partial charge in [0.15, 0.2) is 0 Å². The molecule has 0 bridgehead atoms. The van der Waals surface area contributed by atoms with E-state index in [2.05, 4.69) is 29.2 Å². The van der Waals surface area contributed by atoms with Crippen molar-refractivity contribution in [2.24, 2.45) is 0 Å². The SMILES string of the molecule is CS(=O)(=O)O[C@@H](CCc1ccc(C2CC2)cc1)c1cccc(C=Cc2ccc3sc(Cl)c(Cl)c3n2)c1. The van der Waals surface area contributed by atoms with Gasteiger partial charge in [0.25, 0.3) is 10.1 Å². The van der Waals surface area contributed by atoms with Crippen LogP contribution in [0, 0.1) is 0 Å². The van der Waals surface area contributed by atoms with Gasteiger partial charge in [0.2, 0.25) is 0 Å². The second kappa shape index (κ2) is 10.6. The molecule has 1 saturated carbocycles. The van der Waals surface area contributed by atoms with Gasteiger partial charge in [-0.3, -0.25) is 4.18 Å². The summed E-state index contributed by atoms with van der Waals surface area (Å²) in [6.07, 6.45) is 8.18. The van der Waals surface area contributed by atoms with Crippen molar-refractivity contribution in [3.05, 3.63) is 98.0 Å². The van der Waals surface area contributed by atoms with Gasteiger partial charge in [-0.2, -0.15) is 8.42 Å². The highest BCUT2D eigenvalue weighted by Crippen LogP contribution is 2.40. The minimum Gasteiger partial charge on any atom is -0.262 e. The molecular formula is C28H25Cl2NO3S2. The van der Waals surface area contributed by atoms with Crippen LogP contribution in [0.1, 0.15) is 59.2 Å². The van der Waals surface area contributed by atoms with Crippen LogP contribution in [0.25, 0.3) is 22.4 Å². The summed E-state index contributed by atoms with van der Waals surface area (Å²) >= 11 is 13.8. The number of halogens is 2. The molecule has 0 radical (unpaired) electrons. The number of nitrogens with zero attached hydrogens (tertiary/aromatic N) is 1. The first-order chi connectivity index (χ1) is 17.2. The summed E-state index contributed by atoms with van der Waals surface area (Å²) in [6, 6.07) is 20.2. The highest BCUT2D eigenvalue weighted by molar-refractivity contribution is 7.86. The first kappa shape index (κ1) is 25.4.